The molecule has 35 heavy (non-hydrogen) atoms. The summed E-state index contributed by atoms with van der Waals surface area (Å²) in [5.41, 5.74) is 0.747. The summed E-state index contributed by atoms with van der Waals surface area (Å²) in [6, 6.07) is 3.71. The quantitative estimate of drug-likeness (QED) is 0.298. The van der Waals surface area contributed by atoms with Crippen LogP contribution in [0.25, 0.3) is 0 Å². The van der Waals surface area contributed by atoms with Crippen molar-refractivity contribution < 1.29 is 18.7 Å². The van der Waals surface area contributed by atoms with Crippen LogP contribution in [0.5, 0.6) is 0 Å². The molecule has 9 heteroatoms. The SMILES string of the molecule is Cc1nc(NC2CCC(C(=O)O)CC2)ncc1NC(C#CC1CCCC1)=Nc1c(F)cccc1F. The zero-order valence-electron chi connectivity index (χ0n) is 19.7. The van der Waals surface area contributed by atoms with E-state index in [1.165, 1.54) is 6.07 Å². The minimum atomic E-state index is -0.767. The van der Waals surface area contributed by atoms with E-state index in [2.05, 4.69) is 37.4 Å². The third-order valence-electron chi connectivity index (χ3n) is 6.55. The van der Waals surface area contributed by atoms with Crippen molar-refractivity contribution in [2.45, 2.75) is 64.3 Å². The van der Waals surface area contributed by atoms with E-state index in [9.17, 15) is 13.6 Å². The largest absolute Gasteiger partial charge is 0.481 e. The number of hydrogen-bond donors (Lipinski definition) is 3. The molecule has 0 aliphatic heterocycles. The first-order valence-corrected chi connectivity index (χ1v) is 12.0. The lowest BCUT2D eigenvalue weighted by molar-refractivity contribution is -0.142. The molecular weight excluding hydrogens is 452 g/mol. The molecule has 2 saturated carbocycles. The predicted octanol–water partition coefficient (Wildman–Crippen LogP) is 5.45. The molecule has 184 valence electrons. The maximum absolute atomic E-state index is 14.2. The number of carbonyl (C=O) groups is 1. The maximum Gasteiger partial charge on any atom is 0.306 e. The van der Waals surface area contributed by atoms with E-state index >= 15 is 0 Å². The van der Waals surface area contributed by atoms with Crippen molar-refractivity contribution in [3.63, 3.8) is 0 Å². The fourth-order valence-corrected chi connectivity index (χ4v) is 4.49. The smallest absolute Gasteiger partial charge is 0.306 e. The number of aromatic nitrogens is 2. The first-order chi connectivity index (χ1) is 16.9. The number of anilines is 2. The lowest BCUT2D eigenvalue weighted by Crippen LogP contribution is -2.30. The Balaban J connectivity index is 1.50. The van der Waals surface area contributed by atoms with Crippen molar-refractivity contribution in [3.05, 3.63) is 41.7 Å². The summed E-state index contributed by atoms with van der Waals surface area (Å²) >= 11 is 0. The number of carboxylic acids is 1. The molecule has 0 unspecified atom stereocenters. The van der Waals surface area contributed by atoms with Crippen LogP contribution in [-0.2, 0) is 4.79 Å². The summed E-state index contributed by atoms with van der Waals surface area (Å²) in [6.07, 6.45) is 8.56. The second-order valence-corrected chi connectivity index (χ2v) is 9.13. The van der Waals surface area contributed by atoms with Crippen LogP contribution in [0.2, 0.25) is 0 Å². The molecule has 2 aromatic rings. The Morgan fingerprint density at radius 3 is 2.43 bits per heavy atom. The predicted molar refractivity (Wildman–Crippen MR) is 131 cm³/mol. The summed E-state index contributed by atoms with van der Waals surface area (Å²) in [4.78, 5) is 24.2. The second-order valence-electron chi connectivity index (χ2n) is 9.13. The number of rotatable bonds is 5. The number of hydrogen-bond acceptors (Lipinski definition) is 5. The summed E-state index contributed by atoms with van der Waals surface area (Å²) in [5, 5.41) is 15.5. The van der Waals surface area contributed by atoms with Gasteiger partial charge >= 0.3 is 5.97 Å². The van der Waals surface area contributed by atoms with Crippen LogP contribution in [0.1, 0.15) is 57.1 Å². The van der Waals surface area contributed by atoms with E-state index < -0.39 is 23.3 Å². The van der Waals surface area contributed by atoms with Crippen LogP contribution in [0.15, 0.2) is 29.4 Å². The molecule has 0 atom stereocenters. The number of aliphatic carboxylic acids is 1. The van der Waals surface area contributed by atoms with Gasteiger partial charge in [-0.2, -0.15) is 0 Å². The van der Waals surface area contributed by atoms with Crippen LogP contribution >= 0.6 is 0 Å². The van der Waals surface area contributed by atoms with Gasteiger partial charge in [0.25, 0.3) is 0 Å². The van der Waals surface area contributed by atoms with Crippen LogP contribution in [0.3, 0.4) is 0 Å². The Hall–Kier alpha value is -3.54. The average Bonchev–Trinajstić information content (AvgIpc) is 3.35. The van der Waals surface area contributed by atoms with Crippen molar-refractivity contribution in [1.82, 2.24) is 9.97 Å². The molecule has 1 heterocycles. The van der Waals surface area contributed by atoms with Gasteiger partial charge in [-0.05, 0) is 63.5 Å². The Morgan fingerprint density at radius 2 is 1.80 bits per heavy atom. The highest BCUT2D eigenvalue weighted by atomic mass is 19.1. The minimum absolute atomic E-state index is 0.113. The molecule has 1 aromatic heterocycles. The van der Waals surface area contributed by atoms with Gasteiger partial charge in [-0.3, -0.25) is 4.79 Å². The third kappa shape index (κ3) is 6.53. The molecule has 0 spiro atoms. The van der Waals surface area contributed by atoms with Crippen LogP contribution < -0.4 is 10.6 Å². The topological polar surface area (TPSA) is 99.5 Å². The normalized spacial score (nSPS) is 20.7. The molecule has 2 aliphatic carbocycles. The molecule has 0 radical (unpaired) electrons. The van der Waals surface area contributed by atoms with Crippen molar-refractivity contribution >= 4 is 29.1 Å². The van der Waals surface area contributed by atoms with Crippen molar-refractivity contribution in [2.75, 3.05) is 10.6 Å². The lowest BCUT2D eigenvalue weighted by atomic mass is 9.86. The molecule has 2 aliphatic rings. The minimum Gasteiger partial charge on any atom is -0.481 e. The zero-order valence-corrected chi connectivity index (χ0v) is 19.7. The number of halogens is 2. The highest BCUT2D eigenvalue weighted by Gasteiger charge is 2.26. The molecule has 0 amide bonds. The van der Waals surface area contributed by atoms with Crippen LogP contribution in [0, 0.1) is 42.2 Å². The number of nitrogens with zero attached hydrogens (tertiary/aromatic N) is 3. The van der Waals surface area contributed by atoms with Crippen molar-refractivity contribution in [3.8, 4) is 11.8 Å². The number of aliphatic imine (C=N–C) groups is 1. The summed E-state index contributed by atoms with van der Waals surface area (Å²) in [5.74, 6) is 4.40. The van der Waals surface area contributed by atoms with Crippen molar-refractivity contribution in [2.24, 2.45) is 16.8 Å². The molecule has 4 rings (SSSR count). The third-order valence-corrected chi connectivity index (χ3v) is 6.55. The fraction of sp³-hybridized carbons (Fsp3) is 0.462. The Morgan fingerprint density at radius 1 is 1.11 bits per heavy atom. The second kappa shape index (κ2) is 11.3. The van der Waals surface area contributed by atoms with Gasteiger partial charge in [0.2, 0.25) is 5.95 Å². The Kier molecular flexibility index (Phi) is 7.91. The van der Waals surface area contributed by atoms with Gasteiger partial charge in [0.15, 0.2) is 17.5 Å². The highest BCUT2D eigenvalue weighted by molar-refractivity contribution is 6.09. The van der Waals surface area contributed by atoms with Crippen molar-refractivity contribution in [1.29, 1.82) is 0 Å². The molecule has 7 nitrogen and oxygen atoms in total. The molecular formula is C26H29F2N5O2. The summed E-state index contributed by atoms with van der Waals surface area (Å²) in [7, 11) is 0. The Labute approximate surface area is 203 Å². The number of benzene rings is 1. The molecule has 0 saturated heterocycles. The summed E-state index contributed by atoms with van der Waals surface area (Å²) < 4.78 is 28.5. The van der Waals surface area contributed by atoms with E-state index in [1.807, 2.05) is 0 Å². The van der Waals surface area contributed by atoms with E-state index in [1.54, 1.807) is 13.1 Å². The number of amidine groups is 1. The van der Waals surface area contributed by atoms with Gasteiger partial charge in [-0.1, -0.05) is 24.8 Å². The van der Waals surface area contributed by atoms with E-state index in [-0.39, 0.29) is 23.7 Å². The summed E-state index contributed by atoms with van der Waals surface area (Å²) in [6.45, 7) is 1.79. The van der Waals surface area contributed by atoms with E-state index in [4.69, 9.17) is 5.11 Å². The van der Waals surface area contributed by atoms with Crippen LogP contribution in [0.4, 0.5) is 26.1 Å². The van der Waals surface area contributed by atoms with E-state index in [0.29, 0.717) is 30.2 Å². The zero-order chi connectivity index (χ0) is 24.8. The lowest BCUT2D eigenvalue weighted by Gasteiger charge is -2.26. The molecule has 2 fully saturated rings. The first-order valence-electron chi connectivity index (χ1n) is 12.0. The maximum atomic E-state index is 14.2. The number of aryl methyl sites for hydroxylation is 1. The molecule has 1 aromatic carbocycles. The first kappa shape index (κ1) is 24.6. The van der Waals surface area contributed by atoms with Gasteiger partial charge in [0.1, 0.15) is 5.69 Å². The average molecular weight is 482 g/mol. The highest BCUT2D eigenvalue weighted by Crippen LogP contribution is 2.27. The fourth-order valence-electron chi connectivity index (χ4n) is 4.49. The standard InChI is InChI=1S/C26H29F2N5O2/c1-16-22(15-29-26(30-16)31-19-12-10-18(11-13-19)25(34)35)32-23(14-9-17-5-2-3-6-17)33-24-20(27)7-4-8-21(24)28/h4,7-8,15,17-19H,2-3,5-6,10-13H2,1H3,(H,32,33)(H,34,35)(H,29,30,31). The van der Waals surface area contributed by atoms with E-state index in [0.717, 1.165) is 50.7 Å². The van der Waals surface area contributed by atoms with Gasteiger partial charge < -0.3 is 15.7 Å². The number of nitrogens with one attached hydrogen (secondary N) is 2. The Bertz CT molecular complexity index is 1140. The number of carboxylic acid groups (broad SMARTS) is 1. The van der Waals surface area contributed by atoms with Gasteiger partial charge in [0.05, 0.1) is 23.5 Å². The van der Waals surface area contributed by atoms with Gasteiger partial charge in [0, 0.05) is 12.0 Å². The number of para-hydroxylation sites is 1. The van der Waals surface area contributed by atoms with Crippen LogP contribution in [-0.4, -0.2) is 32.9 Å². The van der Waals surface area contributed by atoms with Gasteiger partial charge in [-0.15, -0.1) is 0 Å². The van der Waals surface area contributed by atoms with Gasteiger partial charge in [-0.25, -0.2) is 23.7 Å². The molecule has 0 bridgehead atoms. The molecule has 3 N–H and O–H groups in total. The monoisotopic (exact) mass is 481 g/mol.